The second-order valence-corrected chi connectivity index (χ2v) is 15.2. The van der Waals surface area contributed by atoms with Crippen LogP contribution in [0.5, 0.6) is 0 Å². The lowest BCUT2D eigenvalue weighted by Gasteiger charge is -2.30. The number of fused-ring (bicyclic) bond motifs is 2. The van der Waals surface area contributed by atoms with E-state index in [0.29, 0.717) is 52.9 Å². The van der Waals surface area contributed by atoms with E-state index < -0.39 is 29.4 Å². The summed E-state index contributed by atoms with van der Waals surface area (Å²) in [6.07, 6.45) is 7.71. The van der Waals surface area contributed by atoms with Gasteiger partial charge in [-0.2, -0.15) is 0 Å². The lowest BCUT2D eigenvalue weighted by molar-refractivity contribution is -0.121. The zero-order valence-corrected chi connectivity index (χ0v) is 30.2. The Hall–Kier alpha value is -5.37. The number of halogens is 2. The molecule has 276 valence electrons. The van der Waals surface area contributed by atoms with Crippen molar-refractivity contribution in [1.29, 1.82) is 0 Å². The largest absolute Gasteiger partial charge is 0.444 e. The molecule has 0 radical (unpaired) electrons. The van der Waals surface area contributed by atoms with Gasteiger partial charge in [0, 0.05) is 34.6 Å². The van der Waals surface area contributed by atoms with Gasteiger partial charge in [0.15, 0.2) is 23.3 Å². The number of benzene rings is 2. The monoisotopic (exact) mass is 724 g/mol. The molecule has 14 heteroatoms. The van der Waals surface area contributed by atoms with E-state index in [9.17, 15) is 23.2 Å². The van der Waals surface area contributed by atoms with Gasteiger partial charge in [-0.1, -0.05) is 12.1 Å². The van der Waals surface area contributed by atoms with Crippen molar-refractivity contribution in [2.45, 2.75) is 90.1 Å². The van der Waals surface area contributed by atoms with E-state index in [1.54, 1.807) is 17.0 Å². The first-order valence-corrected chi connectivity index (χ1v) is 17.8. The minimum absolute atomic E-state index is 0.00738. The number of hydrogen-bond acceptors (Lipinski definition) is 9. The van der Waals surface area contributed by atoms with Gasteiger partial charge in [0.1, 0.15) is 11.6 Å². The Morgan fingerprint density at radius 1 is 0.755 bits per heavy atom. The van der Waals surface area contributed by atoms with Crippen molar-refractivity contribution in [3.05, 3.63) is 83.9 Å². The van der Waals surface area contributed by atoms with E-state index in [4.69, 9.17) is 4.74 Å². The van der Waals surface area contributed by atoms with E-state index in [-0.39, 0.29) is 23.9 Å². The van der Waals surface area contributed by atoms with Crippen molar-refractivity contribution >= 4 is 29.3 Å². The van der Waals surface area contributed by atoms with E-state index in [0.717, 1.165) is 54.3 Å². The summed E-state index contributed by atoms with van der Waals surface area (Å²) in [7, 11) is 0. The molecule has 2 saturated heterocycles. The summed E-state index contributed by atoms with van der Waals surface area (Å²) in [6.45, 7) is 9.26. The third kappa shape index (κ3) is 8.32. The molecule has 2 aromatic heterocycles. The number of nitrogens with one attached hydrogen (secondary N) is 3. The number of aryl methyl sites for hydroxylation is 2. The van der Waals surface area contributed by atoms with Crippen molar-refractivity contribution in [1.82, 2.24) is 30.2 Å². The zero-order chi connectivity index (χ0) is 37.6. The first kappa shape index (κ1) is 36.0. The van der Waals surface area contributed by atoms with Crippen molar-refractivity contribution in [3.63, 3.8) is 0 Å². The fourth-order valence-corrected chi connectivity index (χ4v) is 7.03. The van der Waals surface area contributed by atoms with Gasteiger partial charge >= 0.3 is 6.09 Å². The van der Waals surface area contributed by atoms with Crippen LogP contribution < -0.4 is 16.0 Å². The van der Waals surface area contributed by atoms with Gasteiger partial charge in [0.25, 0.3) is 0 Å². The number of piperidine rings is 2. The smallest absolute Gasteiger partial charge is 0.411 e. The molecular formula is C39H42F2N8O4. The highest BCUT2D eigenvalue weighted by molar-refractivity contribution is 5.98. The number of ether oxygens (including phenoxy) is 1. The second-order valence-electron chi connectivity index (χ2n) is 15.2. The van der Waals surface area contributed by atoms with Crippen molar-refractivity contribution < 1.29 is 27.9 Å². The summed E-state index contributed by atoms with van der Waals surface area (Å²) < 4.78 is 31.6. The average molecular weight is 725 g/mol. The Morgan fingerprint density at radius 3 is 1.77 bits per heavy atom. The highest BCUT2D eigenvalue weighted by atomic mass is 19.1. The molecule has 4 aliphatic rings. The third-order valence-electron chi connectivity index (χ3n) is 9.94. The number of hydrogen-bond donors (Lipinski definition) is 3. The van der Waals surface area contributed by atoms with E-state index in [1.165, 1.54) is 6.42 Å². The standard InChI is InChI=1S/C22H25FN4O3.C17H17FN4O/c1-12-5-6-15(9-16(12)19-24-10-14(23)11-25-19)26-20(28)18-8-13-7-17(13)27(18)21(29)30-22(2,3)4;1-9-2-3-12(6-13(9)16-19-7-11(18)8-20-16)21-17(23)15-5-10-4-14(10)22-15/h5-6,9-11,13,17-18H,7-8H2,1-4H3,(H,26,28);2-3,6-8,10,14-15,22H,4-5H2,1H3,(H,21,23)/t13-,17-,18-;10-,14-,15-/m11/s1. The number of likely N-dealkylation sites (tertiary alicyclic amines) is 1. The second kappa shape index (κ2) is 14.2. The van der Waals surface area contributed by atoms with Crippen LogP contribution in [0.2, 0.25) is 0 Å². The molecule has 12 nitrogen and oxygen atoms in total. The summed E-state index contributed by atoms with van der Waals surface area (Å²) >= 11 is 0. The molecular weight excluding hydrogens is 682 g/mol. The predicted octanol–water partition coefficient (Wildman–Crippen LogP) is 6.21. The van der Waals surface area contributed by atoms with Crippen LogP contribution in [-0.4, -0.2) is 72.5 Å². The Bertz CT molecular complexity index is 2030. The highest BCUT2D eigenvalue weighted by Crippen LogP contribution is 2.48. The van der Waals surface area contributed by atoms with Crippen LogP contribution in [0.25, 0.3) is 22.8 Å². The van der Waals surface area contributed by atoms with E-state index in [1.807, 2.05) is 58.9 Å². The fraction of sp³-hybridized carbons (Fsp3) is 0.410. The van der Waals surface area contributed by atoms with Crippen LogP contribution in [0.3, 0.4) is 0 Å². The molecule has 4 heterocycles. The van der Waals surface area contributed by atoms with Crippen LogP contribution in [-0.2, 0) is 14.3 Å². The molecule has 6 atom stereocenters. The molecule has 0 spiro atoms. The molecule has 2 aliphatic heterocycles. The SMILES string of the molecule is Cc1ccc(NC(=O)[C@H]2C[C@H]3C[C@H]3N2)cc1-c1ncc(F)cn1.Cc1ccc(NC(=O)[C@H]2C[C@H]3C[C@H]3N2C(=O)OC(C)(C)C)cc1-c1ncc(F)cn1. The fourth-order valence-electron chi connectivity index (χ4n) is 7.03. The number of carbonyl (C=O) groups excluding carboxylic acids is 3. The lowest BCUT2D eigenvalue weighted by atomic mass is 10.1. The minimum Gasteiger partial charge on any atom is -0.444 e. The van der Waals surface area contributed by atoms with Crippen LogP contribution >= 0.6 is 0 Å². The number of carbonyl (C=O) groups is 3. The third-order valence-corrected chi connectivity index (χ3v) is 9.94. The van der Waals surface area contributed by atoms with Gasteiger partial charge in [-0.3, -0.25) is 14.5 Å². The number of amides is 3. The Morgan fingerprint density at radius 2 is 1.28 bits per heavy atom. The summed E-state index contributed by atoms with van der Waals surface area (Å²) in [4.78, 5) is 55.6. The molecule has 4 fully saturated rings. The van der Waals surface area contributed by atoms with E-state index >= 15 is 0 Å². The number of nitrogens with zero attached hydrogens (tertiary/aromatic N) is 5. The Labute approximate surface area is 306 Å². The molecule has 2 aliphatic carbocycles. The maximum absolute atomic E-state index is 13.1. The summed E-state index contributed by atoms with van der Waals surface area (Å²) in [6, 6.07) is 10.9. The molecule has 2 saturated carbocycles. The Kier molecular flexibility index (Phi) is 9.66. The molecule has 0 unspecified atom stereocenters. The van der Waals surface area contributed by atoms with Crippen LogP contribution in [0.1, 0.15) is 57.6 Å². The van der Waals surface area contributed by atoms with Gasteiger partial charge < -0.3 is 20.7 Å². The number of rotatable bonds is 6. The van der Waals surface area contributed by atoms with Gasteiger partial charge in [-0.15, -0.1) is 0 Å². The quantitative estimate of drug-likeness (QED) is 0.211. The molecule has 0 bridgehead atoms. The molecule has 3 N–H and O–H groups in total. The average Bonchev–Trinajstić information content (AvgIpc) is 3.97. The van der Waals surface area contributed by atoms with Gasteiger partial charge in [-0.05, 0) is 108 Å². The summed E-state index contributed by atoms with van der Waals surface area (Å²) in [5.74, 6) is 0.615. The van der Waals surface area contributed by atoms with Crippen molar-refractivity contribution in [2.24, 2.45) is 11.8 Å². The minimum atomic E-state index is -0.619. The topological polar surface area (TPSA) is 151 Å². The maximum atomic E-state index is 13.1. The number of anilines is 2. The zero-order valence-electron chi connectivity index (χ0n) is 30.2. The Balaban J connectivity index is 0.000000170. The molecule has 53 heavy (non-hydrogen) atoms. The predicted molar refractivity (Wildman–Crippen MR) is 193 cm³/mol. The van der Waals surface area contributed by atoms with Crippen LogP contribution in [0.15, 0.2) is 61.2 Å². The first-order chi connectivity index (χ1) is 25.2. The molecule has 4 aromatic rings. The van der Waals surface area contributed by atoms with Crippen molar-refractivity contribution in [3.8, 4) is 22.8 Å². The first-order valence-electron chi connectivity index (χ1n) is 17.8. The van der Waals surface area contributed by atoms with Gasteiger partial charge in [0.05, 0.1) is 30.8 Å². The van der Waals surface area contributed by atoms with Crippen LogP contribution in [0, 0.1) is 37.3 Å². The normalized spacial score (nSPS) is 23.6. The molecule has 3 amide bonds. The van der Waals surface area contributed by atoms with Crippen LogP contribution in [0.4, 0.5) is 25.0 Å². The van der Waals surface area contributed by atoms with Crippen molar-refractivity contribution in [2.75, 3.05) is 10.6 Å². The summed E-state index contributed by atoms with van der Waals surface area (Å²) in [5.41, 5.74) is 4.00. The maximum Gasteiger partial charge on any atom is 0.411 e. The highest BCUT2D eigenvalue weighted by Gasteiger charge is 2.57. The van der Waals surface area contributed by atoms with Gasteiger partial charge in [-0.25, -0.2) is 33.5 Å². The molecule has 2 aromatic carbocycles. The lowest BCUT2D eigenvalue weighted by Crippen LogP contribution is -2.47. The summed E-state index contributed by atoms with van der Waals surface area (Å²) in [5, 5.41) is 9.18. The van der Waals surface area contributed by atoms with E-state index in [2.05, 4.69) is 35.9 Å². The number of aromatic nitrogens is 4. The van der Waals surface area contributed by atoms with Gasteiger partial charge in [0.2, 0.25) is 11.8 Å². The molecule has 8 rings (SSSR count).